The summed E-state index contributed by atoms with van der Waals surface area (Å²) < 4.78 is 0. The smallest absolute Gasteiger partial charge is 0.226 e. The molecule has 1 N–H and O–H groups in total. The summed E-state index contributed by atoms with van der Waals surface area (Å²) in [6.07, 6.45) is 6.19. The number of nitrogens with one attached hydrogen (secondary N) is 1. The maximum absolute atomic E-state index is 10.9. The number of hydrogen-bond donors (Lipinski definition) is 1. The van der Waals surface area contributed by atoms with Crippen LogP contribution >= 0.6 is 0 Å². The van der Waals surface area contributed by atoms with Crippen molar-refractivity contribution < 1.29 is 4.79 Å². The Balaban J connectivity index is 2.23. The molecule has 0 spiro atoms. The molecule has 2 rings (SSSR count). The third-order valence-corrected chi connectivity index (χ3v) is 2.57. The molecule has 0 saturated carbocycles. The Morgan fingerprint density at radius 2 is 2.50 bits per heavy atom. The second kappa shape index (κ2) is 1.62. The van der Waals surface area contributed by atoms with Crippen LogP contribution in [0.1, 0.15) is 19.8 Å². The van der Waals surface area contributed by atoms with Crippen molar-refractivity contribution in [3.8, 4) is 0 Å². The van der Waals surface area contributed by atoms with Gasteiger partial charge in [-0.15, -0.1) is 0 Å². The summed E-state index contributed by atoms with van der Waals surface area (Å²) in [7, 11) is 0. The summed E-state index contributed by atoms with van der Waals surface area (Å²) in [6, 6.07) is 0. The van der Waals surface area contributed by atoms with Gasteiger partial charge in [-0.25, -0.2) is 0 Å². The van der Waals surface area contributed by atoms with Gasteiger partial charge in [-0.1, -0.05) is 12.2 Å². The molecule has 1 saturated heterocycles. The fourth-order valence-electron chi connectivity index (χ4n) is 1.79. The van der Waals surface area contributed by atoms with E-state index in [0.29, 0.717) is 0 Å². The van der Waals surface area contributed by atoms with Crippen molar-refractivity contribution in [2.24, 2.45) is 5.92 Å². The van der Waals surface area contributed by atoms with Crippen molar-refractivity contribution in [2.45, 2.75) is 25.3 Å². The first-order valence-electron chi connectivity index (χ1n) is 3.69. The predicted octanol–water partition coefficient (Wildman–Crippen LogP) is 0.841. The summed E-state index contributed by atoms with van der Waals surface area (Å²) in [5, 5.41) is 2.93. The second-order valence-corrected chi connectivity index (χ2v) is 3.37. The number of carbonyl (C=O) groups is 1. The normalized spacial score (nSPS) is 43.7. The van der Waals surface area contributed by atoms with E-state index in [1.165, 1.54) is 0 Å². The number of amides is 1. The summed E-state index contributed by atoms with van der Waals surface area (Å²) in [5.41, 5.74) is 0.103. The fraction of sp³-hybridized carbons (Fsp3) is 0.625. The zero-order chi connectivity index (χ0) is 7.19. The van der Waals surface area contributed by atoms with E-state index in [1.54, 1.807) is 0 Å². The van der Waals surface area contributed by atoms with E-state index >= 15 is 0 Å². The average molecular weight is 137 g/mol. The van der Waals surface area contributed by atoms with E-state index in [1.807, 2.05) is 0 Å². The van der Waals surface area contributed by atoms with E-state index in [-0.39, 0.29) is 17.4 Å². The molecular weight excluding hydrogens is 126 g/mol. The molecule has 1 amide bonds. The van der Waals surface area contributed by atoms with Crippen LogP contribution in [-0.4, -0.2) is 11.4 Å². The van der Waals surface area contributed by atoms with Gasteiger partial charge in [0, 0.05) is 0 Å². The zero-order valence-electron chi connectivity index (χ0n) is 6.05. The number of rotatable bonds is 0. The monoisotopic (exact) mass is 137 g/mol. The molecule has 54 valence electrons. The van der Waals surface area contributed by atoms with Gasteiger partial charge in [0.1, 0.15) is 0 Å². The first-order valence-corrected chi connectivity index (χ1v) is 3.69. The Bertz CT molecular complexity index is 209. The molecule has 10 heavy (non-hydrogen) atoms. The highest BCUT2D eigenvalue weighted by Gasteiger charge is 2.49. The lowest BCUT2D eigenvalue weighted by Crippen LogP contribution is -2.67. The molecule has 0 aromatic rings. The molecule has 1 aliphatic heterocycles. The van der Waals surface area contributed by atoms with Crippen molar-refractivity contribution in [1.82, 2.24) is 5.32 Å². The molecular formula is C8H11NO. The van der Waals surface area contributed by atoms with Crippen LogP contribution in [-0.2, 0) is 4.79 Å². The van der Waals surface area contributed by atoms with Crippen LogP contribution in [0, 0.1) is 5.92 Å². The van der Waals surface area contributed by atoms with Crippen molar-refractivity contribution in [1.29, 1.82) is 0 Å². The lowest BCUT2D eigenvalue weighted by Gasteiger charge is -2.48. The molecule has 0 bridgehead atoms. The van der Waals surface area contributed by atoms with E-state index in [4.69, 9.17) is 0 Å². The number of carbonyl (C=O) groups excluding carboxylic acids is 1. The molecule has 1 fully saturated rings. The average Bonchev–Trinajstić information content (AvgIpc) is 1.86. The lowest BCUT2D eigenvalue weighted by atomic mass is 9.70. The van der Waals surface area contributed by atoms with Crippen LogP contribution in [0.4, 0.5) is 0 Å². The molecule has 0 unspecified atom stereocenters. The SMILES string of the molecule is C[C@@]12CC=CC[C@H]1C(=O)N2. The van der Waals surface area contributed by atoms with Crippen molar-refractivity contribution in [2.75, 3.05) is 0 Å². The lowest BCUT2D eigenvalue weighted by molar-refractivity contribution is -0.140. The number of hydrogen-bond acceptors (Lipinski definition) is 1. The quantitative estimate of drug-likeness (QED) is 0.389. The number of fused-ring (bicyclic) bond motifs is 1. The van der Waals surface area contributed by atoms with Crippen LogP contribution in [0.5, 0.6) is 0 Å². The van der Waals surface area contributed by atoms with Gasteiger partial charge >= 0.3 is 0 Å². The highest BCUT2D eigenvalue weighted by atomic mass is 16.2. The van der Waals surface area contributed by atoms with Gasteiger partial charge in [-0.3, -0.25) is 4.79 Å². The van der Waals surface area contributed by atoms with E-state index in [0.717, 1.165) is 12.8 Å². The maximum Gasteiger partial charge on any atom is 0.226 e. The van der Waals surface area contributed by atoms with Gasteiger partial charge in [0.05, 0.1) is 11.5 Å². The van der Waals surface area contributed by atoms with Gasteiger partial charge in [0.15, 0.2) is 0 Å². The molecule has 0 radical (unpaired) electrons. The summed E-state index contributed by atoms with van der Waals surface area (Å²) in [6.45, 7) is 2.11. The Labute approximate surface area is 60.3 Å². The molecule has 2 heteroatoms. The Morgan fingerprint density at radius 1 is 1.70 bits per heavy atom. The first kappa shape index (κ1) is 5.96. The van der Waals surface area contributed by atoms with Crippen molar-refractivity contribution in [3.05, 3.63) is 12.2 Å². The molecule has 2 atom stereocenters. The first-order chi connectivity index (χ1) is 4.72. The minimum Gasteiger partial charge on any atom is -0.349 e. The minimum absolute atomic E-state index is 0.103. The van der Waals surface area contributed by atoms with Crippen LogP contribution in [0.3, 0.4) is 0 Å². The maximum atomic E-state index is 10.9. The summed E-state index contributed by atoms with van der Waals surface area (Å²) in [5.74, 6) is 0.490. The summed E-state index contributed by atoms with van der Waals surface area (Å²) >= 11 is 0. The van der Waals surface area contributed by atoms with E-state index < -0.39 is 0 Å². The van der Waals surface area contributed by atoms with Gasteiger partial charge in [0.25, 0.3) is 0 Å². The fourth-order valence-corrected chi connectivity index (χ4v) is 1.79. The Morgan fingerprint density at radius 3 is 3.00 bits per heavy atom. The molecule has 2 nitrogen and oxygen atoms in total. The summed E-state index contributed by atoms with van der Waals surface area (Å²) in [4.78, 5) is 10.9. The molecule has 1 aliphatic carbocycles. The van der Waals surface area contributed by atoms with E-state index in [2.05, 4.69) is 24.4 Å². The van der Waals surface area contributed by atoms with Crippen LogP contribution in [0.2, 0.25) is 0 Å². The van der Waals surface area contributed by atoms with Crippen LogP contribution < -0.4 is 5.32 Å². The van der Waals surface area contributed by atoms with Crippen molar-refractivity contribution >= 4 is 5.91 Å². The molecule has 0 aromatic carbocycles. The standard InChI is InChI=1S/C8H11NO/c1-8-5-3-2-4-6(8)7(10)9-8/h2-3,6H,4-5H2,1H3,(H,9,10)/t6-,8+/m0/s1. The van der Waals surface area contributed by atoms with Gasteiger partial charge in [0.2, 0.25) is 5.91 Å². The highest BCUT2D eigenvalue weighted by Crippen LogP contribution is 2.36. The zero-order valence-corrected chi connectivity index (χ0v) is 6.05. The Hall–Kier alpha value is -0.790. The molecule has 1 heterocycles. The number of allylic oxidation sites excluding steroid dienone is 1. The molecule has 0 aromatic heterocycles. The third-order valence-electron chi connectivity index (χ3n) is 2.57. The van der Waals surface area contributed by atoms with Crippen LogP contribution in [0.25, 0.3) is 0 Å². The third kappa shape index (κ3) is 0.564. The number of β-lactam (4-membered cyclic amide) rings is 1. The van der Waals surface area contributed by atoms with Gasteiger partial charge < -0.3 is 5.32 Å². The predicted molar refractivity (Wildman–Crippen MR) is 38.4 cm³/mol. The highest BCUT2D eigenvalue weighted by molar-refractivity contribution is 5.88. The van der Waals surface area contributed by atoms with Crippen molar-refractivity contribution in [3.63, 3.8) is 0 Å². The molecule has 2 aliphatic rings. The largest absolute Gasteiger partial charge is 0.349 e. The minimum atomic E-state index is 0.103. The topological polar surface area (TPSA) is 29.1 Å². The second-order valence-electron chi connectivity index (χ2n) is 3.37. The van der Waals surface area contributed by atoms with E-state index in [9.17, 15) is 4.79 Å². The van der Waals surface area contributed by atoms with Crippen LogP contribution in [0.15, 0.2) is 12.2 Å². The van der Waals surface area contributed by atoms with Gasteiger partial charge in [-0.05, 0) is 19.8 Å². The Kier molecular flexibility index (Phi) is 0.967. The van der Waals surface area contributed by atoms with Gasteiger partial charge in [-0.2, -0.15) is 0 Å².